The summed E-state index contributed by atoms with van der Waals surface area (Å²) in [5.41, 5.74) is -1.16. The molecule has 0 aliphatic heterocycles. The van der Waals surface area contributed by atoms with Crippen LogP contribution in [0.15, 0.2) is 24.3 Å². The molecule has 1 aliphatic carbocycles. The van der Waals surface area contributed by atoms with Crippen LogP contribution >= 0.6 is 0 Å². The van der Waals surface area contributed by atoms with Crippen LogP contribution in [0.25, 0.3) is 0 Å². The highest BCUT2D eigenvalue weighted by atomic mass is 16.4. The van der Waals surface area contributed by atoms with E-state index in [-0.39, 0.29) is 18.3 Å². The lowest BCUT2D eigenvalue weighted by Crippen LogP contribution is -2.25. The number of terminal acetylenes is 1. The molecule has 0 heterocycles. The number of rotatable bonds is 12. The van der Waals surface area contributed by atoms with Gasteiger partial charge in [-0.25, -0.2) is 0 Å². The number of hydrogen-bond donors (Lipinski definition) is 4. The van der Waals surface area contributed by atoms with E-state index in [1.165, 1.54) is 0 Å². The molecule has 0 aromatic heterocycles. The Morgan fingerprint density at radius 3 is 2.59 bits per heavy atom. The van der Waals surface area contributed by atoms with Crippen LogP contribution in [-0.2, 0) is 4.79 Å². The van der Waals surface area contributed by atoms with Gasteiger partial charge in [-0.2, -0.15) is 0 Å². The fraction of sp³-hybridized carbons (Fsp3) is 0.682. The number of aliphatic hydroxyl groups is 3. The maximum absolute atomic E-state index is 10.5. The van der Waals surface area contributed by atoms with E-state index >= 15 is 0 Å². The lowest BCUT2D eigenvalue weighted by Gasteiger charge is -2.22. The third-order valence-electron chi connectivity index (χ3n) is 5.28. The zero-order valence-corrected chi connectivity index (χ0v) is 16.3. The van der Waals surface area contributed by atoms with Gasteiger partial charge in [0.15, 0.2) is 0 Å². The van der Waals surface area contributed by atoms with Crippen LogP contribution in [0, 0.1) is 24.2 Å². The van der Waals surface area contributed by atoms with E-state index in [0.717, 1.165) is 12.8 Å². The fourth-order valence-electron chi connectivity index (χ4n) is 3.57. The summed E-state index contributed by atoms with van der Waals surface area (Å²) in [6, 6.07) is 0. The Hall–Kier alpha value is -1.61. The summed E-state index contributed by atoms with van der Waals surface area (Å²) >= 11 is 0. The van der Waals surface area contributed by atoms with Gasteiger partial charge in [-0.1, -0.05) is 43.6 Å². The second kappa shape index (κ2) is 12.0. The number of carbonyl (C=O) groups is 1. The molecule has 0 aromatic rings. The van der Waals surface area contributed by atoms with E-state index < -0.39 is 23.8 Å². The van der Waals surface area contributed by atoms with Crippen LogP contribution in [0.3, 0.4) is 0 Å². The summed E-state index contributed by atoms with van der Waals surface area (Å²) in [6.45, 7) is 2.04. The summed E-state index contributed by atoms with van der Waals surface area (Å²) in [5.74, 6) is 1.39. The summed E-state index contributed by atoms with van der Waals surface area (Å²) in [6.07, 6.45) is 16.9. The highest BCUT2D eigenvalue weighted by Gasteiger charge is 2.39. The average Bonchev–Trinajstić information content (AvgIpc) is 2.89. The predicted molar refractivity (Wildman–Crippen MR) is 106 cm³/mol. The Bertz CT molecular complexity index is 547. The smallest absolute Gasteiger partial charge is 0.303 e. The van der Waals surface area contributed by atoms with Gasteiger partial charge in [-0.15, -0.1) is 6.42 Å². The average molecular weight is 379 g/mol. The molecule has 4 N–H and O–H groups in total. The summed E-state index contributed by atoms with van der Waals surface area (Å²) in [4.78, 5) is 10.5. The molecule has 5 atom stereocenters. The Labute approximate surface area is 162 Å². The van der Waals surface area contributed by atoms with E-state index in [1.54, 1.807) is 0 Å². The first-order chi connectivity index (χ1) is 12.8. The van der Waals surface area contributed by atoms with Crippen LogP contribution < -0.4 is 0 Å². The number of hydrogen-bond acceptors (Lipinski definition) is 4. The lowest BCUT2D eigenvalue weighted by molar-refractivity contribution is -0.137. The molecule has 1 rings (SSSR count). The molecule has 0 bridgehead atoms. The highest BCUT2D eigenvalue weighted by Crippen LogP contribution is 2.36. The second-order valence-corrected chi connectivity index (χ2v) is 7.52. The number of allylic oxidation sites excluding steroid dienone is 2. The summed E-state index contributed by atoms with van der Waals surface area (Å²) < 4.78 is 0. The van der Waals surface area contributed by atoms with Gasteiger partial charge < -0.3 is 20.4 Å². The molecule has 0 aromatic carbocycles. The molecule has 1 unspecified atom stereocenters. The largest absolute Gasteiger partial charge is 0.481 e. The molecular weight excluding hydrogens is 344 g/mol. The van der Waals surface area contributed by atoms with Gasteiger partial charge in [0.2, 0.25) is 0 Å². The third kappa shape index (κ3) is 8.30. The first kappa shape index (κ1) is 23.4. The standard InChI is InChI=1S/C22H34O5/c1-3-5-14-22(27,4-2)15-10-12-18-17(19(23)16-20(18)24)11-8-6-7-9-13-21(25)26/h2,6,8,10,12,17-20,23-24,27H,3,5,7,9,11,13-16H2,1H3,(H,25,26)/b8-6-,12-10+/t17-,18-,19+,20-,22?/m1/s1. The van der Waals surface area contributed by atoms with Gasteiger partial charge in [0.05, 0.1) is 12.2 Å². The SMILES string of the molecule is C#CC(O)(C/C=C/[C@@H]1[C@@H](C/C=C\CCCC(=O)O)[C@@H](O)C[C@H]1O)CCCC. The number of carboxylic acid groups (broad SMARTS) is 1. The second-order valence-electron chi connectivity index (χ2n) is 7.52. The molecule has 5 heteroatoms. The minimum Gasteiger partial charge on any atom is -0.481 e. The van der Waals surface area contributed by atoms with E-state index in [1.807, 2.05) is 31.2 Å². The minimum absolute atomic E-state index is 0.0958. The van der Waals surface area contributed by atoms with Crippen molar-refractivity contribution >= 4 is 5.97 Å². The molecule has 152 valence electrons. The maximum atomic E-state index is 10.5. The zero-order valence-electron chi connectivity index (χ0n) is 16.3. The van der Waals surface area contributed by atoms with Gasteiger partial charge in [0.25, 0.3) is 0 Å². The monoisotopic (exact) mass is 378 g/mol. The van der Waals surface area contributed by atoms with E-state index in [9.17, 15) is 20.1 Å². The minimum atomic E-state index is -1.16. The molecule has 1 fully saturated rings. The van der Waals surface area contributed by atoms with Crippen LogP contribution in [0.5, 0.6) is 0 Å². The molecule has 1 aliphatic rings. The number of carboxylic acids is 1. The third-order valence-corrected chi connectivity index (χ3v) is 5.28. The normalized spacial score (nSPS) is 27.8. The molecule has 0 saturated heterocycles. The first-order valence-electron chi connectivity index (χ1n) is 9.92. The van der Waals surface area contributed by atoms with Crippen molar-refractivity contribution in [1.82, 2.24) is 0 Å². The van der Waals surface area contributed by atoms with Crippen molar-refractivity contribution in [3.8, 4) is 12.3 Å². The van der Waals surface area contributed by atoms with E-state index in [4.69, 9.17) is 11.5 Å². The number of aliphatic hydroxyl groups excluding tert-OH is 2. The Morgan fingerprint density at radius 1 is 1.22 bits per heavy atom. The molecule has 27 heavy (non-hydrogen) atoms. The fourth-order valence-corrected chi connectivity index (χ4v) is 3.57. The van der Waals surface area contributed by atoms with Crippen molar-refractivity contribution < 1.29 is 25.2 Å². The topological polar surface area (TPSA) is 98.0 Å². The van der Waals surface area contributed by atoms with Crippen molar-refractivity contribution in [2.45, 2.75) is 82.5 Å². The van der Waals surface area contributed by atoms with Crippen molar-refractivity contribution in [1.29, 1.82) is 0 Å². The van der Waals surface area contributed by atoms with Crippen molar-refractivity contribution in [2.24, 2.45) is 11.8 Å². The first-order valence-corrected chi connectivity index (χ1v) is 9.92. The van der Waals surface area contributed by atoms with Gasteiger partial charge in [-0.3, -0.25) is 4.79 Å². The maximum Gasteiger partial charge on any atom is 0.303 e. The quantitative estimate of drug-likeness (QED) is 0.238. The van der Waals surface area contributed by atoms with Gasteiger partial charge in [-0.05, 0) is 38.0 Å². The lowest BCUT2D eigenvalue weighted by atomic mass is 9.88. The molecule has 1 saturated carbocycles. The Balaban J connectivity index is 2.58. The highest BCUT2D eigenvalue weighted by molar-refractivity contribution is 5.66. The van der Waals surface area contributed by atoms with Crippen LogP contribution in [0.2, 0.25) is 0 Å². The van der Waals surface area contributed by atoms with Crippen molar-refractivity contribution in [3.05, 3.63) is 24.3 Å². The summed E-state index contributed by atoms with van der Waals surface area (Å²) in [5, 5.41) is 39.5. The Kier molecular flexibility index (Phi) is 10.4. The van der Waals surface area contributed by atoms with Gasteiger partial charge in [0.1, 0.15) is 5.60 Å². The van der Waals surface area contributed by atoms with E-state index in [2.05, 4.69) is 5.92 Å². The van der Waals surface area contributed by atoms with E-state index in [0.29, 0.717) is 38.5 Å². The number of unbranched alkanes of at least 4 members (excludes halogenated alkanes) is 2. The molecule has 0 radical (unpaired) electrons. The molecule has 0 spiro atoms. The van der Waals surface area contributed by atoms with Crippen molar-refractivity contribution in [2.75, 3.05) is 0 Å². The van der Waals surface area contributed by atoms with Crippen molar-refractivity contribution in [3.63, 3.8) is 0 Å². The van der Waals surface area contributed by atoms with Gasteiger partial charge in [0, 0.05) is 25.2 Å². The molecule has 0 amide bonds. The number of aliphatic carboxylic acids is 1. The van der Waals surface area contributed by atoms with Crippen LogP contribution in [-0.4, -0.2) is 44.2 Å². The predicted octanol–water partition coefficient (Wildman–Crippen LogP) is 3.05. The molecule has 5 nitrogen and oxygen atoms in total. The van der Waals surface area contributed by atoms with Crippen LogP contribution in [0.1, 0.15) is 64.7 Å². The van der Waals surface area contributed by atoms with Gasteiger partial charge >= 0.3 is 5.97 Å². The zero-order chi connectivity index (χ0) is 20.3. The van der Waals surface area contributed by atoms with Crippen LogP contribution in [0.4, 0.5) is 0 Å². The molecular formula is C22H34O5. The summed E-state index contributed by atoms with van der Waals surface area (Å²) in [7, 11) is 0. The Morgan fingerprint density at radius 2 is 1.96 bits per heavy atom.